The van der Waals surface area contributed by atoms with Gasteiger partial charge in [-0.25, -0.2) is 18.4 Å². The molecule has 0 aliphatic carbocycles. The first-order valence-corrected chi connectivity index (χ1v) is 12.8. The number of halogens is 1. The topological polar surface area (TPSA) is 92.8 Å². The molecule has 1 aliphatic heterocycles. The van der Waals surface area contributed by atoms with Gasteiger partial charge in [-0.3, -0.25) is 18.7 Å². The van der Waals surface area contributed by atoms with Gasteiger partial charge in [0.2, 0.25) is 0 Å². The van der Waals surface area contributed by atoms with E-state index in [1.54, 1.807) is 29.3 Å². The Kier molecular flexibility index (Phi) is 5.33. The van der Waals surface area contributed by atoms with Crippen molar-refractivity contribution in [2.45, 2.75) is 18.0 Å². The lowest BCUT2D eigenvalue weighted by molar-refractivity contribution is 0.138. The standard InChI is InChI=1S/C20H21ClN6O3S2/c1-13(17-22-15-6-4-3-5-14(15)18(28)24(17)2)25-7-9-26(10-8-25)32(29,30)19-16(21)23-20-27(19)11-12-31-20/h3-6,11-13H,7-10H2,1-2H3. The highest BCUT2D eigenvalue weighted by Crippen LogP contribution is 2.29. The summed E-state index contributed by atoms with van der Waals surface area (Å²) in [6.45, 7) is 3.62. The molecule has 0 spiro atoms. The molecule has 0 N–H and O–H groups in total. The molecule has 0 radical (unpaired) electrons. The number of nitrogens with zero attached hydrogens (tertiary/aromatic N) is 6. The van der Waals surface area contributed by atoms with Crippen LogP contribution in [-0.2, 0) is 17.1 Å². The van der Waals surface area contributed by atoms with Gasteiger partial charge < -0.3 is 0 Å². The Morgan fingerprint density at radius 1 is 1.12 bits per heavy atom. The Bertz CT molecular complexity index is 1480. The smallest absolute Gasteiger partial charge is 0.262 e. The number of hydrogen-bond donors (Lipinski definition) is 0. The highest BCUT2D eigenvalue weighted by atomic mass is 35.5. The monoisotopic (exact) mass is 492 g/mol. The molecule has 3 aromatic heterocycles. The van der Waals surface area contributed by atoms with Crippen molar-refractivity contribution in [3.05, 3.63) is 57.2 Å². The number of aromatic nitrogens is 4. The summed E-state index contributed by atoms with van der Waals surface area (Å²) in [6, 6.07) is 7.14. The molecule has 168 valence electrons. The second-order valence-corrected chi connectivity index (χ2v) is 10.8. The minimum Gasteiger partial charge on any atom is -0.298 e. The summed E-state index contributed by atoms with van der Waals surface area (Å²) in [5, 5.41) is 2.36. The molecule has 4 heterocycles. The van der Waals surface area contributed by atoms with Crippen LogP contribution in [0.1, 0.15) is 18.8 Å². The molecular weight excluding hydrogens is 472 g/mol. The number of fused-ring (bicyclic) bond motifs is 2. The van der Waals surface area contributed by atoms with Gasteiger partial charge in [-0.05, 0) is 19.1 Å². The van der Waals surface area contributed by atoms with Gasteiger partial charge >= 0.3 is 0 Å². The molecule has 9 nitrogen and oxygen atoms in total. The third kappa shape index (κ3) is 3.35. The number of para-hydroxylation sites is 1. The van der Waals surface area contributed by atoms with E-state index in [2.05, 4.69) is 9.88 Å². The van der Waals surface area contributed by atoms with Gasteiger partial charge in [-0.2, -0.15) is 4.31 Å². The molecule has 32 heavy (non-hydrogen) atoms. The van der Waals surface area contributed by atoms with Crippen molar-refractivity contribution in [2.75, 3.05) is 26.2 Å². The molecule has 5 rings (SSSR count). The van der Waals surface area contributed by atoms with Gasteiger partial charge in [-0.1, -0.05) is 23.7 Å². The van der Waals surface area contributed by atoms with Crippen molar-refractivity contribution in [3.63, 3.8) is 0 Å². The average Bonchev–Trinajstić information content (AvgIpc) is 3.35. The van der Waals surface area contributed by atoms with Gasteiger partial charge in [0, 0.05) is 44.8 Å². The molecule has 1 fully saturated rings. The fourth-order valence-electron chi connectivity index (χ4n) is 4.19. The van der Waals surface area contributed by atoms with Crippen LogP contribution in [0.2, 0.25) is 5.15 Å². The van der Waals surface area contributed by atoms with E-state index in [9.17, 15) is 13.2 Å². The maximum absolute atomic E-state index is 13.3. The van der Waals surface area contributed by atoms with Crippen LogP contribution in [0.5, 0.6) is 0 Å². The molecule has 1 saturated heterocycles. The molecule has 1 unspecified atom stereocenters. The van der Waals surface area contributed by atoms with Crippen molar-refractivity contribution in [3.8, 4) is 0 Å². The van der Waals surface area contributed by atoms with E-state index >= 15 is 0 Å². The average molecular weight is 493 g/mol. The maximum Gasteiger partial charge on any atom is 0.262 e. The lowest BCUT2D eigenvalue weighted by atomic mass is 10.2. The SMILES string of the molecule is CC(c1nc2ccccc2c(=O)n1C)N1CCN(S(=O)(=O)c2c(Cl)nc3sccn23)CC1. The Labute approximate surface area is 193 Å². The number of imidazole rings is 1. The van der Waals surface area contributed by atoms with Crippen LogP contribution < -0.4 is 5.56 Å². The first-order chi connectivity index (χ1) is 15.3. The zero-order valence-electron chi connectivity index (χ0n) is 17.5. The predicted molar refractivity (Wildman–Crippen MR) is 124 cm³/mol. The second-order valence-electron chi connectivity index (χ2n) is 7.73. The van der Waals surface area contributed by atoms with Crippen LogP contribution in [0.15, 0.2) is 45.7 Å². The first kappa shape index (κ1) is 21.5. The Hall–Kier alpha value is -2.31. The van der Waals surface area contributed by atoms with E-state index in [1.165, 1.54) is 20.0 Å². The highest BCUT2D eigenvalue weighted by molar-refractivity contribution is 7.89. The van der Waals surface area contributed by atoms with Crippen molar-refractivity contribution in [1.82, 2.24) is 28.1 Å². The number of benzene rings is 1. The summed E-state index contributed by atoms with van der Waals surface area (Å²) < 4.78 is 31.1. The van der Waals surface area contributed by atoms with Gasteiger partial charge in [0.25, 0.3) is 15.6 Å². The predicted octanol–water partition coefficient (Wildman–Crippen LogP) is 2.36. The highest BCUT2D eigenvalue weighted by Gasteiger charge is 2.35. The van der Waals surface area contributed by atoms with Crippen LogP contribution in [0.4, 0.5) is 0 Å². The molecule has 0 bridgehead atoms. The second kappa shape index (κ2) is 7.92. The molecule has 1 atom stereocenters. The maximum atomic E-state index is 13.3. The molecule has 4 aromatic rings. The van der Waals surface area contributed by atoms with Crippen LogP contribution in [0.3, 0.4) is 0 Å². The van der Waals surface area contributed by atoms with Crippen LogP contribution in [-0.4, -0.2) is 62.7 Å². The quantitative estimate of drug-likeness (QED) is 0.434. The normalized spacial score (nSPS) is 17.3. The van der Waals surface area contributed by atoms with Gasteiger partial charge in [-0.15, -0.1) is 11.3 Å². The van der Waals surface area contributed by atoms with E-state index in [0.717, 1.165) is 0 Å². The zero-order valence-corrected chi connectivity index (χ0v) is 19.9. The van der Waals surface area contributed by atoms with Crippen LogP contribution in [0.25, 0.3) is 15.9 Å². The number of piperazine rings is 1. The van der Waals surface area contributed by atoms with Gasteiger partial charge in [0.15, 0.2) is 15.1 Å². The van der Waals surface area contributed by atoms with Crippen LogP contribution in [0, 0.1) is 0 Å². The van der Waals surface area contributed by atoms with E-state index in [0.29, 0.717) is 47.9 Å². The Morgan fingerprint density at radius 2 is 1.84 bits per heavy atom. The summed E-state index contributed by atoms with van der Waals surface area (Å²) in [5.74, 6) is 0.656. The van der Waals surface area contributed by atoms with Crippen molar-refractivity contribution < 1.29 is 8.42 Å². The molecule has 1 aromatic carbocycles. The summed E-state index contributed by atoms with van der Waals surface area (Å²) in [4.78, 5) is 24.3. The van der Waals surface area contributed by atoms with Gasteiger partial charge in [0.05, 0.1) is 16.9 Å². The molecule has 1 aliphatic rings. The third-order valence-electron chi connectivity index (χ3n) is 5.98. The number of sulfonamides is 1. The molecule has 0 saturated carbocycles. The van der Waals surface area contributed by atoms with E-state index in [-0.39, 0.29) is 21.8 Å². The summed E-state index contributed by atoms with van der Waals surface area (Å²) in [6.07, 6.45) is 1.66. The lowest BCUT2D eigenvalue weighted by Crippen LogP contribution is -2.50. The fraction of sp³-hybridized carbons (Fsp3) is 0.350. The summed E-state index contributed by atoms with van der Waals surface area (Å²) in [7, 11) is -2.07. The first-order valence-electron chi connectivity index (χ1n) is 10.1. The molecule has 12 heteroatoms. The minimum absolute atomic E-state index is 0.00973. The fourth-order valence-corrected chi connectivity index (χ4v) is 7.02. The van der Waals surface area contributed by atoms with E-state index in [1.807, 2.05) is 25.1 Å². The number of hydrogen-bond acceptors (Lipinski definition) is 7. The zero-order chi connectivity index (χ0) is 22.6. The summed E-state index contributed by atoms with van der Waals surface area (Å²) in [5.41, 5.74) is 0.572. The summed E-state index contributed by atoms with van der Waals surface area (Å²) >= 11 is 7.50. The van der Waals surface area contributed by atoms with Crippen LogP contribution >= 0.6 is 22.9 Å². The number of rotatable bonds is 4. The number of thiazole rings is 1. The van der Waals surface area contributed by atoms with E-state index < -0.39 is 10.0 Å². The Balaban J connectivity index is 1.39. The third-order valence-corrected chi connectivity index (χ3v) is 9.03. The van der Waals surface area contributed by atoms with E-state index in [4.69, 9.17) is 16.6 Å². The van der Waals surface area contributed by atoms with Gasteiger partial charge in [0.1, 0.15) is 5.82 Å². The van der Waals surface area contributed by atoms with Crippen molar-refractivity contribution >= 4 is 48.8 Å². The van der Waals surface area contributed by atoms with Crippen molar-refractivity contribution in [1.29, 1.82) is 0 Å². The Morgan fingerprint density at radius 3 is 2.59 bits per heavy atom. The largest absolute Gasteiger partial charge is 0.298 e. The minimum atomic E-state index is -3.79. The molecule has 0 amide bonds. The lowest BCUT2D eigenvalue weighted by Gasteiger charge is -2.37. The van der Waals surface area contributed by atoms with Crippen molar-refractivity contribution in [2.24, 2.45) is 7.05 Å². The molecular formula is C20H21ClN6O3S2.